The van der Waals surface area contributed by atoms with E-state index < -0.39 is 36.5 Å². The molecule has 14 heteroatoms. The number of benzene rings is 3. The molecule has 0 bridgehead atoms. The molecule has 0 fully saturated rings. The van der Waals surface area contributed by atoms with Crippen LogP contribution in [0.5, 0.6) is 5.75 Å². The Balaban J connectivity index is 0.000000363. The van der Waals surface area contributed by atoms with Crippen LogP contribution in [-0.2, 0) is 31.4 Å². The molecule has 0 spiro atoms. The van der Waals surface area contributed by atoms with Crippen LogP contribution in [0.2, 0.25) is 0 Å². The number of unbranched alkanes of at least 4 members (excludes halogenated alkanes) is 1. The monoisotopic (exact) mass is 637 g/mol. The minimum atomic E-state index is -6.98. The van der Waals surface area contributed by atoms with Gasteiger partial charge in [-0.15, -0.1) is 0 Å². The summed E-state index contributed by atoms with van der Waals surface area (Å²) in [5, 5.41) is -1.45. The molecule has 0 radical (unpaired) electrons. The van der Waals surface area contributed by atoms with Gasteiger partial charge < -0.3 is 18.6 Å². The molecule has 0 aromatic heterocycles. The van der Waals surface area contributed by atoms with Crippen LogP contribution in [0.15, 0.2) is 66.7 Å². The van der Waals surface area contributed by atoms with Crippen LogP contribution >= 0.6 is 0 Å². The van der Waals surface area contributed by atoms with E-state index in [-0.39, 0.29) is 13.2 Å². The van der Waals surface area contributed by atoms with Gasteiger partial charge >= 0.3 is 20.6 Å². The summed E-state index contributed by atoms with van der Waals surface area (Å²) >= 11 is 0. The first-order valence-electron chi connectivity index (χ1n) is 13.0. The lowest BCUT2D eigenvalue weighted by atomic mass is 9.96. The minimum absolute atomic E-state index is 0.0411. The van der Waals surface area contributed by atoms with Crippen LogP contribution in [0, 0.1) is 0 Å². The van der Waals surface area contributed by atoms with Crippen molar-refractivity contribution in [2.75, 3.05) is 19.8 Å². The molecule has 0 aliphatic rings. The number of alkyl halides is 4. The number of fused-ring (bicyclic) bond motifs is 1. The topological polar surface area (TPSA) is 130 Å². The number of rotatable bonds is 14. The Kier molecular flexibility index (Phi) is 12.7. The molecule has 42 heavy (non-hydrogen) atoms. The van der Waals surface area contributed by atoms with E-state index in [2.05, 4.69) is 60.5 Å². The first-order valence-corrected chi connectivity index (χ1v) is 15.8. The zero-order valence-electron chi connectivity index (χ0n) is 23.0. The average molecular weight is 638 g/mol. The van der Waals surface area contributed by atoms with E-state index in [1.165, 1.54) is 34.9 Å². The van der Waals surface area contributed by atoms with Crippen LogP contribution in [-0.4, -0.2) is 56.8 Å². The second kappa shape index (κ2) is 15.1. The number of hydrogen-bond acceptors (Lipinski definition) is 8. The second-order valence-electron chi connectivity index (χ2n) is 9.38. The molecule has 1 atom stereocenters. The van der Waals surface area contributed by atoms with Crippen molar-refractivity contribution in [3.05, 3.63) is 77.9 Å². The largest absolute Gasteiger partial charge is 0.743 e. The highest BCUT2D eigenvalue weighted by atomic mass is 32.2. The van der Waals surface area contributed by atoms with Gasteiger partial charge in [-0.3, -0.25) is 0 Å². The molecular weight excluding hydrogens is 604 g/mol. The van der Waals surface area contributed by atoms with Gasteiger partial charge in [-0.05, 0) is 65.6 Å². The normalized spacial score (nSPS) is 13.3. The van der Waals surface area contributed by atoms with Crippen molar-refractivity contribution in [1.82, 2.24) is 0 Å². The van der Waals surface area contributed by atoms with Crippen molar-refractivity contribution in [3.63, 3.8) is 0 Å². The van der Waals surface area contributed by atoms with Crippen molar-refractivity contribution in [2.24, 2.45) is 0 Å². The van der Waals surface area contributed by atoms with E-state index in [4.69, 9.17) is 9.84 Å². The smallest absolute Gasteiger partial charge is 0.457 e. The maximum atomic E-state index is 13.5. The van der Waals surface area contributed by atoms with E-state index in [0.717, 1.165) is 12.1 Å². The van der Waals surface area contributed by atoms with Crippen molar-refractivity contribution in [3.8, 4) is 5.75 Å². The Morgan fingerprint density at radius 2 is 1.48 bits per heavy atom. The Labute approximate surface area is 243 Å². The highest BCUT2D eigenvalue weighted by molar-refractivity contribution is 7.91. The summed E-state index contributed by atoms with van der Waals surface area (Å²) in [5.74, 6) is -0.119. The number of ether oxygens (including phenoxy) is 1. The lowest BCUT2D eigenvalue weighted by Crippen LogP contribution is -2.53. The molecule has 0 amide bonds. The Morgan fingerprint density at radius 3 is 2.05 bits per heavy atom. The van der Waals surface area contributed by atoms with Crippen molar-refractivity contribution in [2.45, 2.75) is 56.0 Å². The Morgan fingerprint density at radius 1 is 0.857 bits per heavy atom. The van der Waals surface area contributed by atoms with Gasteiger partial charge in [-0.25, -0.2) is 8.42 Å². The molecule has 3 aromatic carbocycles. The summed E-state index contributed by atoms with van der Waals surface area (Å²) in [6.45, 7) is 5.24. The number of aliphatic hydroxyl groups excluding tert-OH is 1. The van der Waals surface area contributed by atoms with Gasteiger partial charge in [0.1, 0.15) is 5.75 Å². The van der Waals surface area contributed by atoms with Gasteiger partial charge in [0.15, 0.2) is 10.1 Å². The predicted octanol–water partition coefficient (Wildman–Crippen LogP) is 5.81. The zero-order valence-corrected chi connectivity index (χ0v) is 24.6. The number of hydrogen-bond donors (Lipinski definition) is 1. The summed E-state index contributed by atoms with van der Waals surface area (Å²) in [6.07, 6.45) is 2.80. The molecule has 0 saturated heterocycles. The number of aliphatic hydroxyl groups is 1. The highest BCUT2D eigenvalue weighted by Gasteiger charge is 2.71. The number of halogens is 4. The van der Waals surface area contributed by atoms with E-state index in [1.54, 1.807) is 0 Å². The van der Waals surface area contributed by atoms with Crippen molar-refractivity contribution >= 4 is 31.0 Å². The maximum absolute atomic E-state index is 13.5. The van der Waals surface area contributed by atoms with Crippen LogP contribution in [0.3, 0.4) is 0 Å². The van der Waals surface area contributed by atoms with Crippen LogP contribution in [0.1, 0.15) is 50.2 Å². The van der Waals surface area contributed by atoms with Crippen molar-refractivity contribution < 1.29 is 53.0 Å². The van der Waals surface area contributed by atoms with Gasteiger partial charge in [0.2, 0.25) is 0 Å². The van der Waals surface area contributed by atoms with Crippen LogP contribution in [0.4, 0.5) is 17.6 Å². The van der Waals surface area contributed by atoms with Gasteiger partial charge in [0.25, 0.3) is 0 Å². The van der Waals surface area contributed by atoms with Crippen LogP contribution < -0.4 is 4.18 Å². The third-order valence-electron chi connectivity index (χ3n) is 6.28. The second-order valence-corrected chi connectivity index (χ2v) is 12.4. The molecule has 1 N–H and O–H groups in total. The summed E-state index contributed by atoms with van der Waals surface area (Å²) < 4.78 is 116. The van der Waals surface area contributed by atoms with Gasteiger partial charge in [0.05, 0.1) is 6.61 Å². The van der Waals surface area contributed by atoms with Crippen LogP contribution in [0.25, 0.3) is 10.8 Å². The molecule has 3 aromatic rings. The fourth-order valence-corrected chi connectivity index (χ4v) is 5.20. The first kappa shape index (κ1) is 35.4. The quantitative estimate of drug-likeness (QED) is 0.101. The fourth-order valence-electron chi connectivity index (χ4n) is 3.54. The van der Waals surface area contributed by atoms with Gasteiger partial charge in [-0.1, -0.05) is 68.4 Å². The molecule has 0 heterocycles. The highest BCUT2D eigenvalue weighted by Crippen LogP contribution is 2.43. The fraction of sp³-hybridized carbons (Fsp3) is 0.429. The molecule has 0 saturated carbocycles. The maximum Gasteiger partial charge on any atom is 0.457 e. The van der Waals surface area contributed by atoms with E-state index in [0.29, 0.717) is 37.4 Å². The minimum Gasteiger partial charge on any atom is -0.743 e. The molecule has 0 aliphatic carbocycles. The van der Waals surface area contributed by atoms with Crippen molar-refractivity contribution in [1.29, 1.82) is 0 Å². The molecule has 234 valence electrons. The molecule has 1 unspecified atom stereocenters. The summed E-state index contributed by atoms with van der Waals surface area (Å²) in [7, 11) is -13.5. The third kappa shape index (κ3) is 9.11. The standard InChI is InChI=1S/C14H18F4O8S2.C14H16/c15-13(16,27(20,21)22)14(17,18)28(23,24)26-12-5-3-11(4-6-12)7-10-25-9-2-1-8-19;1-3-11(2)13-9-8-12-6-4-5-7-14(12)10-13/h3-6,19H,1-2,7-10H2,(H,20,21,22);4-11H,3H2,1-2H3/p-1. The lowest BCUT2D eigenvalue weighted by Gasteiger charge is -2.27. The predicted molar refractivity (Wildman–Crippen MR) is 149 cm³/mol. The average Bonchev–Trinajstić information content (AvgIpc) is 2.94. The molecular formula is C28H33F4O8S2-. The summed E-state index contributed by atoms with van der Waals surface area (Å²) in [5.41, 5.74) is 2.03. The summed E-state index contributed by atoms with van der Waals surface area (Å²) in [6, 6.07) is 19.6. The Hall–Kier alpha value is -2.78. The van der Waals surface area contributed by atoms with E-state index >= 15 is 0 Å². The molecule has 0 aliphatic heterocycles. The first-order chi connectivity index (χ1) is 19.6. The molecule has 8 nitrogen and oxygen atoms in total. The molecule has 3 rings (SSSR count). The zero-order chi connectivity index (χ0) is 31.6. The lowest BCUT2D eigenvalue weighted by molar-refractivity contribution is -0.105. The third-order valence-corrected chi connectivity index (χ3v) is 8.59. The van der Waals surface area contributed by atoms with Gasteiger partial charge in [-0.2, -0.15) is 26.0 Å². The van der Waals surface area contributed by atoms with E-state index in [9.17, 15) is 39.0 Å². The Bertz CT molecular complexity index is 1500. The summed E-state index contributed by atoms with van der Waals surface area (Å²) in [4.78, 5) is 0. The SMILES string of the molecule is CCC(C)c1ccc2ccccc2c1.O=S(=O)([O-])C(F)(F)C(F)(F)S(=O)(=O)Oc1ccc(CCOCCCCO)cc1. The van der Waals surface area contributed by atoms with E-state index in [1.807, 2.05) is 0 Å². The van der Waals surface area contributed by atoms with Gasteiger partial charge in [0, 0.05) is 13.2 Å².